The maximum absolute atomic E-state index is 12.9. The van der Waals surface area contributed by atoms with E-state index in [9.17, 15) is 4.39 Å². The van der Waals surface area contributed by atoms with Crippen LogP contribution in [0.15, 0.2) is 36.5 Å². The number of benzene rings is 1. The van der Waals surface area contributed by atoms with Crippen LogP contribution in [0.25, 0.3) is 10.9 Å². The standard InChI is InChI=1S/C15H15FN4/c1-2-13-15-12(17)4-3-5-14(15)20(19-13)9-11-7-6-10(16)8-18-11/h3-8H,2,9,17H2,1H3. The minimum absolute atomic E-state index is 0.336. The number of halogens is 1. The highest BCUT2D eigenvalue weighted by Crippen LogP contribution is 2.25. The zero-order chi connectivity index (χ0) is 14.1. The molecule has 4 nitrogen and oxygen atoms in total. The topological polar surface area (TPSA) is 56.7 Å². The van der Waals surface area contributed by atoms with Gasteiger partial charge in [-0.15, -0.1) is 0 Å². The van der Waals surface area contributed by atoms with Gasteiger partial charge in [-0.25, -0.2) is 4.39 Å². The molecule has 0 fully saturated rings. The molecule has 5 heteroatoms. The second-order valence-electron chi connectivity index (χ2n) is 4.67. The Labute approximate surface area is 116 Å². The molecule has 102 valence electrons. The molecule has 2 aromatic heterocycles. The Bertz CT molecular complexity index is 746. The van der Waals surface area contributed by atoms with E-state index in [0.29, 0.717) is 6.54 Å². The maximum atomic E-state index is 12.9. The first-order valence-corrected chi connectivity index (χ1v) is 6.53. The molecule has 3 rings (SSSR count). The van der Waals surface area contributed by atoms with Crippen molar-refractivity contribution in [2.75, 3.05) is 5.73 Å². The van der Waals surface area contributed by atoms with Crippen molar-refractivity contribution in [2.24, 2.45) is 0 Å². The molecular formula is C15H15FN4. The van der Waals surface area contributed by atoms with Gasteiger partial charge in [0.15, 0.2) is 0 Å². The van der Waals surface area contributed by atoms with Crippen LogP contribution in [-0.2, 0) is 13.0 Å². The van der Waals surface area contributed by atoms with Crippen LogP contribution < -0.4 is 5.73 Å². The number of aryl methyl sites for hydroxylation is 1. The molecule has 0 aliphatic heterocycles. The minimum Gasteiger partial charge on any atom is -0.398 e. The molecule has 0 spiro atoms. The third-order valence-corrected chi connectivity index (χ3v) is 3.32. The summed E-state index contributed by atoms with van der Waals surface area (Å²) in [5, 5.41) is 5.59. The van der Waals surface area contributed by atoms with Crippen molar-refractivity contribution in [3.63, 3.8) is 0 Å². The van der Waals surface area contributed by atoms with Crippen molar-refractivity contribution >= 4 is 16.6 Å². The van der Waals surface area contributed by atoms with E-state index in [-0.39, 0.29) is 5.82 Å². The number of nitrogen functional groups attached to an aromatic ring is 1. The van der Waals surface area contributed by atoms with E-state index >= 15 is 0 Å². The normalized spacial score (nSPS) is 11.1. The molecule has 0 saturated heterocycles. The van der Waals surface area contributed by atoms with Gasteiger partial charge in [0.05, 0.1) is 29.6 Å². The highest BCUT2D eigenvalue weighted by molar-refractivity contribution is 5.93. The van der Waals surface area contributed by atoms with Gasteiger partial charge >= 0.3 is 0 Å². The van der Waals surface area contributed by atoms with Gasteiger partial charge in [0.1, 0.15) is 5.82 Å². The van der Waals surface area contributed by atoms with Crippen LogP contribution in [-0.4, -0.2) is 14.8 Å². The van der Waals surface area contributed by atoms with E-state index in [4.69, 9.17) is 5.73 Å². The average Bonchev–Trinajstić information content (AvgIpc) is 2.81. The lowest BCUT2D eigenvalue weighted by atomic mass is 10.1. The van der Waals surface area contributed by atoms with Crippen molar-refractivity contribution in [3.05, 3.63) is 53.7 Å². The molecule has 0 bridgehead atoms. The van der Waals surface area contributed by atoms with Crippen LogP contribution in [0.3, 0.4) is 0 Å². The molecule has 0 atom stereocenters. The van der Waals surface area contributed by atoms with E-state index in [0.717, 1.165) is 34.4 Å². The molecule has 0 aliphatic carbocycles. The van der Waals surface area contributed by atoms with Gasteiger partial charge in [0.2, 0.25) is 0 Å². The number of aromatic nitrogens is 3. The monoisotopic (exact) mass is 270 g/mol. The van der Waals surface area contributed by atoms with Crippen LogP contribution in [0.1, 0.15) is 18.3 Å². The van der Waals surface area contributed by atoms with Gasteiger partial charge in [-0.2, -0.15) is 5.10 Å². The summed E-state index contributed by atoms with van der Waals surface area (Å²) in [5.74, 6) is -0.336. The minimum atomic E-state index is -0.336. The molecule has 0 aliphatic rings. The third kappa shape index (κ3) is 2.11. The quantitative estimate of drug-likeness (QED) is 0.744. The number of hydrogen-bond acceptors (Lipinski definition) is 3. The van der Waals surface area contributed by atoms with E-state index in [1.807, 2.05) is 22.9 Å². The summed E-state index contributed by atoms with van der Waals surface area (Å²) >= 11 is 0. The first-order valence-electron chi connectivity index (χ1n) is 6.53. The fraction of sp³-hybridized carbons (Fsp3) is 0.200. The van der Waals surface area contributed by atoms with Gasteiger partial charge in [-0.3, -0.25) is 9.67 Å². The second-order valence-corrected chi connectivity index (χ2v) is 4.67. The molecule has 0 radical (unpaired) electrons. The van der Waals surface area contributed by atoms with Crippen LogP contribution in [0.4, 0.5) is 10.1 Å². The van der Waals surface area contributed by atoms with Crippen molar-refractivity contribution in [2.45, 2.75) is 19.9 Å². The van der Waals surface area contributed by atoms with Crippen molar-refractivity contribution in [1.29, 1.82) is 0 Å². The Morgan fingerprint density at radius 2 is 2.10 bits per heavy atom. The molecule has 0 unspecified atom stereocenters. The first kappa shape index (κ1) is 12.6. The average molecular weight is 270 g/mol. The number of pyridine rings is 1. The largest absolute Gasteiger partial charge is 0.398 e. The Morgan fingerprint density at radius 3 is 2.80 bits per heavy atom. The maximum Gasteiger partial charge on any atom is 0.141 e. The van der Waals surface area contributed by atoms with E-state index in [1.54, 1.807) is 6.07 Å². The molecule has 2 N–H and O–H groups in total. The smallest absolute Gasteiger partial charge is 0.141 e. The van der Waals surface area contributed by atoms with E-state index in [1.165, 1.54) is 12.3 Å². The lowest BCUT2D eigenvalue weighted by Crippen LogP contribution is -2.04. The summed E-state index contributed by atoms with van der Waals surface area (Å²) in [6.45, 7) is 2.55. The van der Waals surface area contributed by atoms with Gasteiger partial charge in [-0.1, -0.05) is 13.0 Å². The Balaban J connectivity index is 2.08. The summed E-state index contributed by atoms with van der Waals surface area (Å²) < 4.78 is 14.8. The van der Waals surface area contributed by atoms with Gasteiger partial charge in [0, 0.05) is 11.1 Å². The lowest BCUT2D eigenvalue weighted by molar-refractivity contribution is 0.614. The fourth-order valence-corrected chi connectivity index (χ4v) is 2.36. The number of fused-ring (bicyclic) bond motifs is 1. The lowest BCUT2D eigenvalue weighted by Gasteiger charge is -2.03. The Kier molecular flexibility index (Phi) is 3.10. The van der Waals surface area contributed by atoms with Gasteiger partial charge < -0.3 is 5.73 Å². The molecule has 2 heterocycles. The highest BCUT2D eigenvalue weighted by atomic mass is 19.1. The van der Waals surface area contributed by atoms with Crippen LogP contribution in [0, 0.1) is 5.82 Å². The number of hydrogen-bond donors (Lipinski definition) is 1. The number of rotatable bonds is 3. The predicted octanol–water partition coefficient (Wildman–Crippen LogP) is 2.76. The molecule has 20 heavy (non-hydrogen) atoms. The Morgan fingerprint density at radius 1 is 1.25 bits per heavy atom. The van der Waals surface area contributed by atoms with Crippen LogP contribution in [0.5, 0.6) is 0 Å². The van der Waals surface area contributed by atoms with Crippen molar-refractivity contribution in [1.82, 2.24) is 14.8 Å². The molecular weight excluding hydrogens is 255 g/mol. The Hall–Kier alpha value is -2.43. The molecule has 3 aromatic rings. The zero-order valence-corrected chi connectivity index (χ0v) is 11.2. The molecule has 0 amide bonds. The second kappa shape index (κ2) is 4.92. The van der Waals surface area contributed by atoms with E-state index in [2.05, 4.69) is 17.0 Å². The van der Waals surface area contributed by atoms with E-state index < -0.39 is 0 Å². The molecule has 0 saturated carbocycles. The number of anilines is 1. The van der Waals surface area contributed by atoms with Crippen molar-refractivity contribution < 1.29 is 4.39 Å². The zero-order valence-electron chi connectivity index (χ0n) is 11.2. The predicted molar refractivity (Wildman–Crippen MR) is 76.8 cm³/mol. The van der Waals surface area contributed by atoms with Gasteiger partial charge in [-0.05, 0) is 30.7 Å². The number of nitrogens with two attached hydrogens (primary N) is 1. The van der Waals surface area contributed by atoms with Gasteiger partial charge in [0.25, 0.3) is 0 Å². The summed E-state index contributed by atoms with van der Waals surface area (Å²) in [7, 11) is 0. The molecule has 1 aromatic carbocycles. The van der Waals surface area contributed by atoms with Crippen LogP contribution in [0.2, 0.25) is 0 Å². The third-order valence-electron chi connectivity index (χ3n) is 3.32. The fourth-order valence-electron chi connectivity index (χ4n) is 2.36. The number of nitrogens with zero attached hydrogens (tertiary/aromatic N) is 3. The summed E-state index contributed by atoms with van der Waals surface area (Å²) in [4.78, 5) is 4.07. The SMILES string of the molecule is CCc1nn(Cc2ccc(F)cn2)c2cccc(N)c12. The highest BCUT2D eigenvalue weighted by Gasteiger charge is 2.12. The summed E-state index contributed by atoms with van der Waals surface area (Å²) in [6.07, 6.45) is 2.03. The van der Waals surface area contributed by atoms with Crippen LogP contribution >= 0.6 is 0 Å². The summed E-state index contributed by atoms with van der Waals surface area (Å²) in [6, 6.07) is 8.85. The summed E-state index contributed by atoms with van der Waals surface area (Å²) in [5.41, 5.74) is 9.49. The van der Waals surface area contributed by atoms with Crippen molar-refractivity contribution in [3.8, 4) is 0 Å². The first-order chi connectivity index (χ1) is 9.69.